The molecule has 0 aromatic heterocycles. The quantitative estimate of drug-likeness (QED) is 0.767. The average Bonchev–Trinajstić information content (AvgIpc) is 2.80. The van der Waals surface area contributed by atoms with Crippen LogP contribution in [-0.2, 0) is 0 Å². The number of allylic oxidation sites excluding steroid dienone is 1. The van der Waals surface area contributed by atoms with E-state index in [1.165, 1.54) is 18.5 Å². The van der Waals surface area contributed by atoms with Crippen LogP contribution in [0.1, 0.15) is 18.0 Å². The van der Waals surface area contributed by atoms with Crippen molar-refractivity contribution in [2.75, 3.05) is 6.54 Å². The Hall–Kier alpha value is -0.600. The van der Waals surface area contributed by atoms with Crippen molar-refractivity contribution in [1.29, 1.82) is 0 Å². The summed E-state index contributed by atoms with van der Waals surface area (Å²) in [4.78, 5) is 0. The fourth-order valence-electron chi connectivity index (χ4n) is 2.75. The van der Waals surface area contributed by atoms with Crippen LogP contribution in [0, 0.1) is 11.8 Å². The molecule has 3 unspecified atom stereocenters. The molecule has 1 aromatic carbocycles. The predicted octanol–water partition coefficient (Wildman–Crippen LogP) is 3.29. The van der Waals surface area contributed by atoms with Gasteiger partial charge in [0.25, 0.3) is 0 Å². The highest BCUT2D eigenvalue weighted by Gasteiger charge is 2.36. The molecule has 2 heteroatoms. The van der Waals surface area contributed by atoms with Crippen LogP contribution in [0.25, 0.3) is 0 Å². The second-order valence-electron chi connectivity index (χ2n) is 4.44. The maximum absolute atomic E-state index is 3.63. The summed E-state index contributed by atoms with van der Waals surface area (Å²) < 4.78 is 1.16. The summed E-state index contributed by atoms with van der Waals surface area (Å²) >= 11 is 3.48. The van der Waals surface area contributed by atoms with Crippen molar-refractivity contribution < 1.29 is 0 Å². The van der Waals surface area contributed by atoms with Crippen LogP contribution in [0.5, 0.6) is 0 Å². The number of nitrogens with one attached hydrogen (secondary N) is 1. The van der Waals surface area contributed by atoms with Gasteiger partial charge in [-0.05, 0) is 36.6 Å². The Balaban J connectivity index is 1.88. The van der Waals surface area contributed by atoms with E-state index in [2.05, 4.69) is 57.7 Å². The van der Waals surface area contributed by atoms with E-state index >= 15 is 0 Å². The standard InChI is InChI=1S/C13H14BrN/c14-11-6-4-9(5-7-11)13-12-3-1-2-10(12)8-15-13/h1,3-7,10,12-13,15H,2,8H2. The van der Waals surface area contributed by atoms with Gasteiger partial charge in [0.1, 0.15) is 0 Å². The minimum Gasteiger partial charge on any atom is -0.309 e. The van der Waals surface area contributed by atoms with E-state index in [0.29, 0.717) is 12.0 Å². The SMILES string of the molecule is Brc1ccc(C2NCC3CC=CC32)cc1. The maximum Gasteiger partial charge on any atom is 0.0386 e. The minimum absolute atomic E-state index is 0.529. The molecular weight excluding hydrogens is 250 g/mol. The summed E-state index contributed by atoms with van der Waals surface area (Å²) in [6, 6.07) is 9.22. The molecular formula is C13H14BrN. The lowest BCUT2D eigenvalue weighted by Gasteiger charge is -2.17. The van der Waals surface area contributed by atoms with Crippen LogP contribution in [0.4, 0.5) is 0 Å². The van der Waals surface area contributed by atoms with Gasteiger partial charge < -0.3 is 5.32 Å². The third-order valence-electron chi connectivity index (χ3n) is 3.56. The number of benzene rings is 1. The van der Waals surface area contributed by atoms with Gasteiger partial charge in [-0.25, -0.2) is 0 Å². The molecule has 0 spiro atoms. The molecule has 1 heterocycles. The molecule has 0 bridgehead atoms. The van der Waals surface area contributed by atoms with Gasteiger partial charge in [0, 0.05) is 16.4 Å². The summed E-state index contributed by atoms with van der Waals surface area (Å²) in [5.74, 6) is 1.55. The first kappa shape index (κ1) is 9.61. The van der Waals surface area contributed by atoms with Gasteiger partial charge in [0.05, 0.1) is 0 Å². The molecule has 3 atom stereocenters. The Morgan fingerprint density at radius 1 is 1.20 bits per heavy atom. The molecule has 0 saturated carbocycles. The van der Waals surface area contributed by atoms with Gasteiger partial charge in [-0.2, -0.15) is 0 Å². The summed E-state index contributed by atoms with van der Waals surface area (Å²) in [7, 11) is 0. The number of rotatable bonds is 1. The van der Waals surface area contributed by atoms with Crippen LogP contribution in [0.15, 0.2) is 40.9 Å². The first-order valence-corrected chi connectivity index (χ1v) is 6.29. The molecule has 78 valence electrons. The molecule has 1 aliphatic heterocycles. The van der Waals surface area contributed by atoms with Gasteiger partial charge in [-0.1, -0.05) is 40.2 Å². The molecule has 1 saturated heterocycles. The average molecular weight is 264 g/mol. The summed E-state index contributed by atoms with van der Waals surface area (Å²) in [6.45, 7) is 1.17. The molecule has 1 N–H and O–H groups in total. The first-order valence-electron chi connectivity index (χ1n) is 5.50. The summed E-state index contributed by atoms with van der Waals surface area (Å²) in [5, 5.41) is 3.63. The van der Waals surface area contributed by atoms with Crippen LogP contribution in [0.2, 0.25) is 0 Å². The minimum atomic E-state index is 0.529. The van der Waals surface area contributed by atoms with E-state index in [0.717, 1.165) is 10.4 Å². The molecule has 3 rings (SSSR count). The molecule has 1 nitrogen and oxygen atoms in total. The zero-order valence-corrected chi connectivity index (χ0v) is 10.1. The third-order valence-corrected chi connectivity index (χ3v) is 4.08. The lowest BCUT2D eigenvalue weighted by atomic mass is 9.90. The molecule has 1 fully saturated rings. The van der Waals surface area contributed by atoms with Crippen LogP contribution in [-0.4, -0.2) is 6.54 Å². The second-order valence-corrected chi connectivity index (χ2v) is 5.35. The van der Waals surface area contributed by atoms with Crippen molar-refractivity contribution in [3.63, 3.8) is 0 Å². The molecule has 0 radical (unpaired) electrons. The Morgan fingerprint density at radius 2 is 2.00 bits per heavy atom. The lowest BCUT2D eigenvalue weighted by molar-refractivity contribution is 0.477. The van der Waals surface area contributed by atoms with E-state index in [-0.39, 0.29) is 0 Å². The van der Waals surface area contributed by atoms with Crippen LogP contribution < -0.4 is 5.32 Å². The van der Waals surface area contributed by atoms with E-state index in [1.807, 2.05) is 0 Å². The number of hydrogen-bond acceptors (Lipinski definition) is 1. The van der Waals surface area contributed by atoms with E-state index < -0.39 is 0 Å². The zero-order valence-electron chi connectivity index (χ0n) is 8.49. The topological polar surface area (TPSA) is 12.0 Å². The molecule has 2 aliphatic rings. The lowest BCUT2D eigenvalue weighted by Crippen LogP contribution is -2.16. The molecule has 1 aliphatic carbocycles. The van der Waals surface area contributed by atoms with Crippen LogP contribution >= 0.6 is 15.9 Å². The largest absolute Gasteiger partial charge is 0.309 e. The predicted molar refractivity (Wildman–Crippen MR) is 65.6 cm³/mol. The van der Waals surface area contributed by atoms with Gasteiger partial charge in [-0.15, -0.1) is 0 Å². The number of halogens is 1. The van der Waals surface area contributed by atoms with Crippen molar-refractivity contribution in [3.8, 4) is 0 Å². The van der Waals surface area contributed by atoms with E-state index in [1.54, 1.807) is 0 Å². The van der Waals surface area contributed by atoms with Gasteiger partial charge in [-0.3, -0.25) is 0 Å². The fraction of sp³-hybridized carbons (Fsp3) is 0.385. The monoisotopic (exact) mass is 263 g/mol. The van der Waals surface area contributed by atoms with Crippen molar-refractivity contribution in [1.82, 2.24) is 5.32 Å². The molecule has 0 amide bonds. The van der Waals surface area contributed by atoms with E-state index in [4.69, 9.17) is 0 Å². The molecule has 1 aromatic rings. The van der Waals surface area contributed by atoms with Crippen molar-refractivity contribution in [3.05, 3.63) is 46.5 Å². The van der Waals surface area contributed by atoms with Crippen LogP contribution in [0.3, 0.4) is 0 Å². The van der Waals surface area contributed by atoms with Crippen molar-refractivity contribution >= 4 is 15.9 Å². The van der Waals surface area contributed by atoms with E-state index in [9.17, 15) is 0 Å². The van der Waals surface area contributed by atoms with Crippen molar-refractivity contribution in [2.24, 2.45) is 11.8 Å². The normalized spacial score (nSPS) is 33.3. The Kier molecular flexibility index (Phi) is 2.41. The number of fused-ring (bicyclic) bond motifs is 1. The summed E-state index contributed by atoms with van der Waals surface area (Å²) in [5.41, 5.74) is 1.41. The molecule has 15 heavy (non-hydrogen) atoms. The Morgan fingerprint density at radius 3 is 2.80 bits per heavy atom. The zero-order chi connectivity index (χ0) is 10.3. The van der Waals surface area contributed by atoms with Gasteiger partial charge in [0.15, 0.2) is 0 Å². The maximum atomic E-state index is 3.63. The highest BCUT2D eigenvalue weighted by atomic mass is 79.9. The van der Waals surface area contributed by atoms with Crippen molar-refractivity contribution in [2.45, 2.75) is 12.5 Å². The first-order chi connectivity index (χ1) is 7.34. The second kappa shape index (κ2) is 3.76. The third kappa shape index (κ3) is 1.66. The summed E-state index contributed by atoms with van der Waals surface area (Å²) in [6.07, 6.45) is 5.98. The Labute approximate surface area is 98.7 Å². The van der Waals surface area contributed by atoms with Gasteiger partial charge >= 0.3 is 0 Å². The highest BCUT2D eigenvalue weighted by Crippen LogP contribution is 2.40. The van der Waals surface area contributed by atoms with Gasteiger partial charge in [0.2, 0.25) is 0 Å². The Bertz CT molecular complexity index is 382. The fourth-order valence-corrected chi connectivity index (χ4v) is 3.02. The highest BCUT2D eigenvalue weighted by molar-refractivity contribution is 9.10. The smallest absolute Gasteiger partial charge is 0.0386 e. The number of hydrogen-bond donors (Lipinski definition) is 1.